The number of sulfonamides is 1. The van der Waals surface area contributed by atoms with E-state index in [1.807, 2.05) is 12.1 Å². The Morgan fingerprint density at radius 1 is 1.00 bits per heavy atom. The van der Waals surface area contributed by atoms with Crippen LogP contribution in [0.4, 0.5) is 4.39 Å². The number of carbonyl (C=O) groups excluding carboxylic acids is 1. The van der Waals surface area contributed by atoms with Crippen molar-refractivity contribution < 1.29 is 17.6 Å². The third-order valence-electron chi connectivity index (χ3n) is 3.42. The lowest BCUT2D eigenvalue weighted by Crippen LogP contribution is -2.31. The van der Waals surface area contributed by atoms with E-state index >= 15 is 0 Å². The summed E-state index contributed by atoms with van der Waals surface area (Å²) in [6.07, 6.45) is 0.672. The number of hydrogen-bond donors (Lipinski definition) is 2. The van der Waals surface area contributed by atoms with Crippen molar-refractivity contribution >= 4 is 27.5 Å². The predicted molar refractivity (Wildman–Crippen MR) is 94.4 cm³/mol. The summed E-state index contributed by atoms with van der Waals surface area (Å²) in [5.74, 6) is -0.769. The van der Waals surface area contributed by atoms with E-state index in [2.05, 4.69) is 10.0 Å². The first kappa shape index (κ1) is 19.4. The summed E-state index contributed by atoms with van der Waals surface area (Å²) in [5, 5.41) is 3.38. The molecule has 0 aromatic heterocycles. The van der Waals surface area contributed by atoms with E-state index in [9.17, 15) is 17.6 Å². The smallest absolute Gasteiger partial charge is 0.240 e. The van der Waals surface area contributed by atoms with Crippen LogP contribution >= 0.6 is 11.6 Å². The van der Waals surface area contributed by atoms with Crippen molar-refractivity contribution in [2.24, 2.45) is 0 Å². The molecule has 0 unspecified atom stereocenters. The minimum absolute atomic E-state index is 0.0149. The summed E-state index contributed by atoms with van der Waals surface area (Å²) >= 11 is 5.80. The quantitative estimate of drug-likeness (QED) is 0.734. The Labute approximate surface area is 151 Å². The molecule has 2 N–H and O–H groups in total. The van der Waals surface area contributed by atoms with E-state index in [1.165, 1.54) is 12.1 Å². The zero-order valence-corrected chi connectivity index (χ0v) is 14.9. The number of amides is 1. The van der Waals surface area contributed by atoms with Crippen LogP contribution < -0.4 is 10.0 Å². The van der Waals surface area contributed by atoms with Crippen molar-refractivity contribution in [3.8, 4) is 0 Å². The highest BCUT2D eigenvalue weighted by molar-refractivity contribution is 7.89. The van der Waals surface area contributed by atoms with Crippen LogP contribution in [0.3, 0.4) is 0 Å². The van der Waals surface area contributed by atoms with Gasteiger partial charge in [-0.05, 0) is 48.4 Å². The maximum Gasteiger partial charge on any atom is 0.240 e. The highest BCUT2D eigenvalue weighted by Crippen LogP contribution is 2.10. The van der Waals surface area contributed by atoms with Crippen molar-refractivity contribution in [3.05, 3.63) is 64.9 Å². The lowest BCUT2D eigenvalue weighted by atomic mass is 10.1. The van der Waals surface area contributed by atoms with Gasteiger partial charge in [-0.2, -0.15) is 0 Å². The fourth-order valence-corrected chi connectivity index (χ4v) is 3.24. The van der Waals surface area contributed by atoms with E-state index in [-0.39, 0.29) is 23.8 Å². The molecule has 2 aromatic rings. The molecular weight excluding hydrogens is 367 g/mol. The molecule has 8 heteroatoms. The molecule has 2 rings (SSSR count). The number of halogens is 2. The maximum absolute atomic E-state index is 12.8. The maximum atomic E-state index is 12.8. The first-order valence-corrected chi connectivity index (χ1v) is 9.49. The molecule has 0 saturated carbocycles. The van der Waals surface area contributed by atoms with E-state index in [0.29, 0.717) is 18.0 Å². The predicted octanol–water partition coefficient (Wildman–Crippen LogP) is 2.51. The lowest BCUT2D eigenvalue weighted by molar-refractivity contribution is -0.120. The zero-order chi connectivity index (χ0) is 18.3. The molecule has 0 heterocycles. The normalized spacial score (nSPS) is 11.3. The molecule has 1 amide bonds. The van der Waals surface area contributed by atoms with E-state index < -0.39 is 15.8 Å². The number of benzene rings is 2. The topological polar surface area (TPSA) is 75.3 Å². The Morgan fingerprint density at radius 2 is 1.64 bits per heavy atom. The monoisotopic (exact) mass is 384 g/mol. The van der Waals surface area contributed by atoms with Gasteiger partial charge < -0.3 is 5.32 Å². The van der Waals surface area contributed by atoms with Crippen LogP contribution in [-0.4, -0.2) is 27.4 Å². The number of rotatable bonds is 8. The Bertz CT molecular complexity index is 809. The van der Waals surface area contributed by atoms with Crippen molar-refractivity contribution in [1.29, 1.82) is 0 Å². The molecule has 0 bridgehead atoms. The Balaban J connectivity index is 1.71. The summed E-state index contributed by atoms with van der Waals surface area (Å²) < 4.78 is 39.1. The van der Waals surface area contributed by atoms with Crippen LogP contribution in [0.15, 0.2) is 53.4 Å². The summed E-state index contributed by atoms with van der Waals surface area (Å²) in [7, 11) is -3.75. The minimum Gasteiger partial charge on any atom is -0.356 e. The second-order valence-electron chi connectivity index (χ2n) is 5.33. The average Bonchev–Trinajstić information content (AvgIpc) is 2.57. The van der Waals surface area contributed by atoms with Crippen LogP contribution in [0.1, 0.15) is 12.0 Å². The molecule has 0 radical (unpaired) electrons. The van der Waals surface area contributed by atoms with Gasteiger partial charge in [-0.15, -0.1) is 0 Å². The van der Waals surface area contributed by atoms with Crippen LogP contribution in [0, 0.1) is 5.82 Å². The standard InChI is InChI=1S/C17H18ClFN2O3S/c18-14-3-1-13(2-4-14)9-11-20-17(22)10-12-21-25(23,24)16-7-5-15(19)6-8-16/h1-8,21H,9-12H2,(H,20,22). The molecule has 0 aliphatic rings. The van der Waals surface area contributed by atoms with Crippen molar-refractivity contribution in [1.82, 2.24) is 10.0 Å². The molecule has 0 spiro atoms. The first-order chi connectivity index (χ1) is 11.9. The summed E-state index contributed by atoms with van der Waals surface area (Å²) in [6.45, 7) is 0.414. The van der Waals surface area contributed by atoms with Gasteiger partial charge in [0.2, 0.25) is 15.9 Å². The van der Waals surface area contributed by atoms with Gasteiger partial charge in [0.1, 0.15) is 5.82 Å². The zero-order valence-electron chi connectivity index (χ0n) is 13.3. The van der Waals surface area contributed by atoms with Gasteiger partial charge in [0.05, 0.1) is 4.90 Å². The first-order valence-electron chi connectivity index (χ1n) is 7.63. The highest BCUT2D eigenvalue weighted by Gasteiger charge is 2.14. The SMILES string of the molecule is O=C(CCNS(=O)(=O)c1ccc(F)cc1)NCCc1ccc(Cl)cc1. The molecular formula is C17H18ClFN2O3S. The van der Waals surface area contributed by atoms with Crippen LogP contribution in [0.2, 0.25) is 5.02 Å². The molecule has 0 atom stereocenters. The van der Waals surface area contributed by atoms with Gasteiger partial charge >= 0.3 is 0 Å². The Kier molecular flexibility index (Phi) is 6.92. The van der Waals surface area contributed by atoms with E-state index in [4.69, 9.17) is 11.6 Å². The van der Waals surface area contributed by atoms with Crippen molar-refractivity contribution in [2.75, 3.05) is 13.1 Å². The van der Waals surface area contributed by atoms with Gasteiger partial charge in [-0.3, -0.25) is 4.79 Å². The molecule has 0 saturated heterocycles. The Hall–Kier alpha value is -1.96. The number of carbonyl (C=O) groups is 1. The molecule has 2 aromatic carbocycles. The van der Waals surface area contributed by atoms with Gasteiger partial charge in [0, 0.05) is 24.5 Å². The average molecular weight is 385 g/mol. The second-order valence-corrected chi connectivity index (χ2v) is 7.53. The van der Waals surface area contributed by atoms with Crippen molar-refractivity contribution in [3.63, 3.8) is 0 Å². The molecule has 0 aliphatic heterocycles. The minimum atomic E-state index is -3.75. The van der Waals surface area contributed by atoms with Gasteiger partial charge in [-0.1, -0.05) is 23.7 Å². The molecule has 134 valence electrons. The molecule has 5 nitrogen and oxygen atoms in total. The summed E-state index contributed by atoms with van der Waals surface area (Å²) in [6, 6.07) is 11.8. The third kappa shape index (κ3) is 6.45. The summed E-state index contributed by atoms with van der Waals surface area (Å²) in [4.78, 5) is 11.7. The van der Waals surface area contributed by atoms with Crippen LogP contribution in [-0.2, 0) is 21.2 Å². The molecule has 0 fully saturated rings. The molecule has 0 aliphatic carbocycles. The van der Waals surface area contributed by atoms with Crippen LogP contribution in [0.25, 0.3) is 0 Å². The number of nitrogens with one attached hydrogen (secondary N) is 2. The second kappa shape index (κ2) is 8.94. The number of hydrogen-bond acceptors (Lipinski definition) is 3. The fraction of sp³-hybridized carbons (Fsp3) is 0.235. The van der Waals surface area contributed by atoms with Crippen LogP contribution in [0.5, 0.6) is 0 Å². The Morgan fingerprint density at radius 3 is 2.28 bits per heavy atom. The highest BCUT2D eigenvalue weighted by atomic mass is 35.5. The van der Waals surface area contributed by atoms with E-state index in [1.54, 1.807) is 12.1 Å². The lowest BCUT2D eigenvalue weighted by Gasteiger charge is -2.08. The van der Waals surface area contributed by atoms with E-state index in [0.717, 1.165) is 17.7 Å². The third-order valence-corrected chi connectivity index (χ3v) is 5.15. The van der Waals surface area contributed by atoms with Crippen molar-refractivity contribution in [2.45, 2.75) is 17.7 Å². The largest absolute Gasteiger partial charge is 0.356 e. The molecule has 25 heavy (non-hydrogen) atoms. The van der Waals surface area contributed by atoms with Gasteiger partial charge in [0.25, 0.3) is 0 Å². The van der Waals surface area contributed by atoms with Gasteiger partial charge in [0.15, 0.2) is 0 Å². The fourth-order valence-electron chi connectivity index (χ4n) is 2.08. The summed E-state index contributed by atoms with van der Waals surface area (Å²) in [5.41, 5.74) is 1.04. The van der Waals surface area contributed by atoms with Gasteiger partial charge in [-0.25, -0.2) is 17.5 Å².